The first-order chi connectivity index (χ1) is 8.90. The highest BCUT2D eigenvalue weighted by Gasteiger charge is 2.37. The molecule has 2 rings (SSSR count). The van der Waals surface area contributed by atoms with E-state index in [1.165, 1.54) is 18.3 Å². The monoisotopic (exact) mass is 281 g/mol. The first-order valence-electron chi connectivity index (χ1n) is 6.41. The van der Waals surface area contributed by atoms with Gasteiger partial charge in [0.15, 0.2) is 10.9 Å². The molecule has 0 radical (unpaired) electrons. The Bertz CT molecular complexity index is 496. The summed E-state index contributed by atoms with van der Waals surface area (Å²) in [4.78, 5) is 27.5. The fourth-order valence-electron chi connectivity index (χ4n) is 2.33. The third-order valence-electron chi connectivity index (χ3n) is 3.49. The Balaban J connectivity index is 2.05. The second-order valence-electron chi connectivity index (χ2n) is 5.56. The first kappa shape index (κ1) is 14.1. The summed E-state index contributed by atoms with van der Waals surface area (Å²) < 4.78 is 0. The van der Waals surface area contributed by atoms with Crippen LogP contribution in [0.3, 0.4) is 0 Å². The van der Waals surface area contributed by atoms with Crippen LogP contribution in [0.5, 0.6) is 0 Å². The summed E-state index contributed by atoms with van der Waals surface area (Å²) in [6.07, 6.45) is 2.11. The van der Waals surface area contributed by atoms with Gasteiger partial charge in [-0.15, -0.1) is 11.3 Å². The lowest BCUT2D eigenvalue weighted by Crippen LogP contribution is -2.53. The number of rotatable bonds is 3. The zero-order chi connectivity index (χ0) is 14.0. The molecule has 1 fully saturated rings. The summed E-state index contributed by atoms with van der Waals surface area (Å²) >= 11 is 1.28. The molecule has 6 heteroatoms. The Labute approximate surface area is 116 Å². The maximum Gasteiger partial charge on any atom is 0.243 e. The normalized spacial score (nSPS) is 21.9. The van der Waals surface area contributed by atoms with Gasteiger partial charge in [0.1, 0.15) is 5.69 Å². The summed E-state index contributed by atoms with van der Waals surface area (Å²) in [6.45, 7) is 6.50. The fourth-order valence-corrected chi connectivity index (χ4v) is 3.08. The molecule has 19 heavy (non-hydrogen) atoms. The topological polar surface area (TPSA) is 71.1 Å². The number of piperidine rings is 1. The molecule has 1 amide bonds. The van der Waals surface area contributed by atoms with Gasteiger partial charge in [0, 0.05) is 12.3 Å². The van der Waals surface area contributed by atoms with Crippen molar-refractivity contribution in [3.63, 3.8) is 0 Å². The molecule has 0 aliphatic carbocycles. The summed E-state index contributed by atoms with van der Waals surface area (Å²) in [6, 6.07) is -0.217. The van der Waals surface area contributed by atoms with E-state index >= 15 is 0 Å². The maximum absolute atomic E-state index is 12.3. The number of aromatic nitrogens is 1. The van der Waals surface area contributed by atoms with E-state index in [0.717, 1.165) is 19.4 Å². The van der Waals surface area contributed by atoms with E-state index < -0.39 is 0 Å². The Morgan fingerprint density at radius 2 is 2.26 bits per heavy atom. The smallest absolute Gasteiger partial charge is 0.243 e. The molecule has 0 aromatic carbocycles. The predicted molar refractivity (Wildman–Crippen MR) is 75.6 cm³/mol. The van der Waals surface area contributed by atoms with Crippen LogP contribution >= 0.6 is 11.3 Å². The number of nitrogens with zero attached hydrogens (tertiary/aromatic N) is 1. The fraction of sp³-hybridized carbons (Fsp3) is 0.615. The van der Waals surface area contributed by atoms with E-state index in [1.54, 1.807) is 5.38 Å². The lowest BCUT2D eigenvalue weighted by Gasteiger charge is -2.37. The number of Topliss-reactive ketones (excluding diaryl/α,β-unsaturated/α-hetero) is 1. The van der Waals surface area contributed by atoms with Crippen molar-refractivity contribution in [2.75, 3.05) is 11.9 Å². The molecule has 2 heterocycles. The molecule has 1 aromatic heterocycles. The van der Waals surface area contributed by atoms with Gasteiger partial charge >= 0.3 is 0 Å². The number of carbonyl (C=O) groups is 2. The van der Waals surface area contributed by atoms with Crippen LogP contribution in [-0.2, 0) is 4.79 Å². The van der Waals surface area contributed by atoms with Gasteiger partial charge in [-0.25, -0.2) is 4.98 Å². The average molecular weight is 281 g/mol. The van der Waals surface area contributed by atoms with Gasteiger partial charge in [-0.1, -0.05) is 13.8 Å². The molecule has 1 aliphatic rings. The molecule has 0 saturated carbocycles. The van der Waals surface area contributed by atoms with E-state index in [4.69, 9.17) is 0 Å². The van der Waals surface area contributed by atoms with Crippen LogP contribution in [0.15, 0.2) is 5.38 Å². The van der Waals surface area contributed by atoms with E-state index in [2.05, 4.69) is 29.5 Å². The minimum absolute atomic E-state index is 0.0665. The Morgan fingerprint density at radius 1 is 1.53 bits per heavy atom. The number of hydrogen-bond acceptors (Lipinski definition) is 5. The predicted octanol–water partition coefficient (Wildman–Crippen LogP) is 2.06. The van der Waals surface area contributed by atoms with Crippen molar-refractivity contribution < 1.29 is 9.59 Å². The van der Waals surface area contributed by atoms with Gasteiger partial charge in [-0.05, 0) is 24.8 Å². The third-order valence-corrected chi connectivity index (χ3v) is 4.24. The van der Waals surface area contributed by atoms with Crippen LogP contribution in [0, 0.1) is 5.41 Å². The van der Waals surface area contributed by atoms with Crippen molar-refractivity contribution in [1.29, 1.82) is 0 Å². The van der Waals surface area contributed by atoms with Crippen molar-refractivity contribution in [2.45, 2.75) is 39.7 Å². The second kappa shape index (κ2) is 5.38. The molecule has 0 bridgehead atoms. The number of hydrogen-bond donors (Lipinski definition) is 2. The van der Waals surface area contributed by atoms with E-state index in [9.17, 15) is 9.59 Å². The molecule has 0 spiro atoms. The zero-order valence-electron chi connectivity index (χ0n) is 11.4. The lowest BCUT2D eigenvalue weighted by molar-refractivity contribution is -0.121. The Morgan fingerprint density at radius 3 is 2.84 bits per heavy atom. The molecule has 104 valence electrons. The summed E-state index contributed by atoms with van der Waals surface area (Å²) in [7, 11) is 0. The highest BCUT2D eigenvalue weighted by molar-refractivity contribution is 7.14. The van der Waals surface area contributed by atoms with Crippen LogP contribution < -0.4 is 10.6 Å². The third kappa shape index (κ3) is 3.19. The van der Waals surface area contributed by atoms with Crippen LogP contribution in [0.1, 0.15) is 44.1 Å². The minimum atomic E-state index is -0.217. The van der Waals surface area contributed by atoms with Crippen molar-refractivity contribution in [3.8, 4) is 0 Å². The van der Waals surface area contributed by atoms with E-state index in [-0.39, 0.29) is 23.1 Å². The first-order valence-corrected chi connectivity index (χ1v) is 7.29. The number of nitrogens with one attached hydrogen (secondary N) is 2. The van der Waals surface area contributed by atoms with Gasteiger partial charge in [0.05, 0.1) is 6.04 Å². The standard InChI is InChI=1S/C13H19N3O2S/c1-8(17)9-7-19-12(15-9)16-11(18)10-13(2,3)5-4-6-14-10/h7,10,14H,4-6H2,1-3H3,(H,15,16,18). The van der Waals surface area contributed by atoms with Crippen molar-refractivity contribution in [3.05, 3.63) is 11.1 Å². The van der Waals surface area contributed by atoms with Crippen LogP contribution in [0.2, 0.25) is 0 Å². The Kier molecular flexibility index (Phi) is 4.01. The van der Waals surface area contributed by atoms with Gasteiger partial charge < -0.3 is 10.6 Å². The Hall–Kier alpha value is -1.27. The lowest BCUT2D eigenvalue weighted by atomic mass is 9.77. The molecular weight excluding hydrogens is 262 g/mol. The average Bonchev–Trinajstić information content (AvgIpc) is 2.76. The molecule has 1 aliphatic heterocycles. The summed E-state index contributed by atoms with van der Waals surface area (Å²) in [5.41, 5.74) is 0.333. The highest BCUT2D eigenvalue weighted by Crippen LogP contribution is 2.31. The zero-order valence-corrected chi connectivity index (χ0v) is 12.3. The van der Waals surface area contributed by atoms with Gasteiger partial charge in [0.2, 0.25) is 5.91 Å². The van der Waals surface area contributed by atoms with Crippen LogP contribution in [0.25, 0.3) is 0 Å². The summed E-state index contributed by atoms with van der Waals surface area (Å²) in [5.74, 6) is -0.165. The molecule has 1 atom stereocenters. The number of thiazole rings is 1. The van der Waals surface area contributed by atoms with E-state index in [0.29, 0.717) is 10.8 Å². The molecule has 2 N–H and O–H groups in total. The van der Waals surface area contributed by atoms with Crippen LogP contribution in [0.4, 0.5) is 5.13 Å². The van der Waals surface area contributed by atoms with Crippen molar-refractivity contribution >= 4 is 28.2 Å². The van der Waals surface area contributed by atoms with Crippen molar-refractivity contribution in [2.24, 2.45) is 5.41 Å². The second-order valence-corrected chi connectivity index (χ2v) is 6.42. The maximum atomic E-state index is 12.3. The number of anilines is 1. The highest BCUT2D eigenvalue weighted by atomic mass is 32.1. The minimum Gasteiger partial charge on any atom is -0.305 e. The van der Waals surface area contributed by atoms with Gasteiger partial charge in [-0.3, -0.25) is 9.59 Å². The number of carbonyl (C=O) groups excluding carboxylic acids is 2. The summed E-state index contributed by atoms with van der Waals surface area (Å²) in [5, 5.41) is 8.20. The van der Waals surface area contributed by atoms with Crippen molar-refractivity contribution in [1.82, 2.24) is 10.3 Å². The number of ketones is 1. The SMILES string of the molecule is CC(=O)c1csc(NC(=O)C2NCCCC2(C)C)n1. The molecule has 1 aromatic rings. The van der Waals surface area contributed by atoms with Gasteiger partial charge in [-0.2, -0.15) is 0 Å². The molecular formula is C13H19N3O2S. The van der Waals surface area contributed by atoms with Gasteiger partial charge in [0.25, 0.3) is 0 Å². The molecule has 1 saturated heterocycles. The van der Waals surface area contributed by atoms with E-state index in [1.807, 2.05) is 0 Å². The number of amides is 1. The largest absolute Gasteiger partial charge is 0.305 e. The molecule has 1 unspecified atom stereocenters. The molecule has 5 nitrogen and oxygen atoms in total. The quantitative estimate of drug-likeness (QED) is 0.832. The van der Waals surface area contributed by atoms with Crippen LogP contribution in [-0.4, -0.2) is 29.3 Å².